The molecule has 0 saturated carbocycles. The molecule has 31 heavy (non-hydrogen) atoms. The molecule has 0 saturated heterocycles. The van der Waals surface area contributed by atoms with Crippen LogP contribution in [0.4, 0.5) is 0 Å². The van der Waals surface area contributed by atoms with Gasteiger partial charge in [-0.2, -0.15) is 0 Å². The van der Waals surface area contributed by atoms with Gasteiger partial charge >= 0.3 is 5.63 Å². The van der Waals surface area contributed by atoms with Crippen molar-refractivity contribution in [3.8, 4) is 5.75 Å². The zero-order valence-corrected chi connectivity index (χ0v) is 17.7. The molecule has 2 aromatic carbocycles. The third-order valence-electron chi connectivity index (χ3n) is 5.44. The van der Waals surface area contributed by atoms with Gasteiger partial charge in [0.1, 0.15) is 17.1 Å². The molecule has 3 rings (SSSR count). The van der Waals surface area contributed by atoms with E-state index in [-0.39, 0.29) is 17.1 Å². The van der Waals surface area contributed by atoms with Gasteiger partial charge in [0.05, 0.1) is 10.9 Å². The minimum Gasteiger partial charge on any atom is -0.507 e. The molecule has 0 aliphatic carbocycles. The maximum absolute atomic E-state index is 13.0. The SMILES string of the molecule is C=CCN(CC=C)C[C@H](C(C)=O)[C@@H](c1ccccc1)c1c(O)c2ccccc2oc1=O. The number of carbonyl (C=O) groups excluding carboxylic acids is 1. The predicted molar refractivity (Wildman–Crippen MR) is 123 cm³/mol. The van der Waals surface area contributed by atoms with Crippen molar-refractivity contribution < 1.29 is 14.3 Å². The molecule has 0 bridgehead atoms. The molecule has 0 spiro atoms. The number of Topliss-reactive ketones (excluding diaryl/α,β-unsaturated/α-hetero) is 1. The number of benzene rings is 2. The summed E-state index contributed by atoms with van der Waals surface area (Å²) in [6.07, 6.45) is 3.53. The Labute approximate surface area is 181 Å². The van der Waals surface area contributed by atoms with Gasteiger partial charge in [0.25, 0.3) is 0 Å². The second kappa shape index (κ2) is 10.0. The highest BCUT2D eigenvalue weighted by molar-refractivity contribution is 5.86. The van der Waals surface area contributed by atoms with Crippen molar-refractivity contribution in [1.82, 2.24) is 4.90 Å². The summed E-state index contributed by atoms with van der Waals surface area (Å²) < 4.78 is 5.53. The fourth-order valence-electron chi connectivity index (χ4n) is 4.02. The van der Waals surface area contributed by atoms with Gasteiger partial charge in [-0.15, -0.1) is 13.2 Å². The second-order valence-electron chi connectivity index (χ2n) is 7.55. The van der Waals surface area contributed by atoms with Crippen molar-refractivity contribution >= 4 is 16.8 Å². The Morgan fingerprint density at radius 1 is 1.06 bits per heavy atom. The van der Waals surface area contributed by atoms with Gasteiger partial charge in [-0.25, -0.2) is 4.79 Å². The summed E-state index contributed by atoms with van der Waals surface area (Å²) >= 11 is 0. The largest absolute Gasteiger partial charge is 0.507 e. The summed E-state index contributed by atoms with van der Waals surface area (Å²) in [5, 5.41) is 11.6. The van der Waals surface area contributed by atoms with E-state index in [9.17, 15) is 14.7 Å². The average molecular weight is 418 g/mol. The van der Waals surface area contributed by atoms with E-state index in [0.717, 1.165) is 5.56 Å². The number of aromatic hydroxyl groups is 1. The van der Waals surface area contributed by atoms with Crippen LogP contribution < -0.4 is 5.63 Å². The second-order valence-corrected chi connectivity index (χ2v) is 7.55. The number of nitrogens with zero attached hydrogens (tertiary/aromatic N) is 1. The fourth-order valence-corrected chi connectivity index (χ4v) is 4.02. The van der Waals surface area contributed by atoms with E-state index in [1.54, 1.807) is 36.4 Å². The first-order valence-electron chi connectivity index (χ1n) is 10.2. The smallest absolute Gasteiger partial charge is 0.343 e. The zero-order chi connectivity index (χ0) is 22.4. The maximum atomic E-state index is 13.0. The van der Waals surface area contributed by atoms with E-state index < -0.39 is 17.5 Å². The summed E-state index contributed by atoms with van der Waals surface area (Å²) in [5.41, 5.74) is 0.523. The first kappa shape index (κ1) is 22.2. The normalized spacial score (nSPS) is 13.1. The van der Waals surface area contributed by atoms with Crippen LogP contribution in [-0.2, 0) is 4.79 Å². The molecule has 0 radical (unpaired) electrons. The highest BCUT2D eigenvalue weighted by Crippen LogP contribution is 2.39. The lowest BCUT2D eigenvalue weighted by Crippen LogP contribution is -2.37. The Kier molecular flexibility index (Phi) is 7.21. The summed E-state index contributed by atoms with van der Waals surface area (Å²) in [6, 6.07) is 16.1. The number of hydrogen-bond donors (Lipinski definition) is 1. The summed E-state index contributed by atoms with van der Waals surface area (Å²) in [4.78, 5) is 27.9. The van der Waals surface area contributed by atoms with Crippen molar-refractivity contribution in [3.63, 3.8) is 0 Å². The highest BCUT2D eigenvalue weighted by Gasteiger charge is 2.35. The molecule has 1 N–H and O–H groups in total. The quantitative estimate of drug-likeness (QED) is 0.388. The van der Waals surface area contributed by atoms with Crippen LogP contribution in [0.1, 0.15) is 24.0 Å². The van der Waals surface area contributed by atoms with Crippen LogP contribution in [0.5, 0.6) is 5.75 Å². The van der Waals surface area contributed by atoms with Crippen LogP contribution in [0, 0.1) is 5.92 Å². The molecule has 0 aliphatic rings. The van der Waals surface area contributed by atoms with Gasteiger partial charge in [-0.05, 0) is 24.6 Å². The van der Waals surface area contributed by atoms with Gasteiger partial charge in [0.2, 0.25) is 0 Å². The molecule has 5 nitrogen and oxygen atoms in total. The fraction of sp³-hybridized carbons (Fsp3) is 0.231. The Morgan fingerprint density at radius 3 is 2.29 bits per heavy atom. The van der Waals surface area contributed by atoms with Crippen LogP contribution in [0.3, 0.4) is 0 Å². The molecule has 0 amide bonds. The minimum atomic E-state index is -0.670. The highest BCUT2D eigenvalue weighted by atomic mass is 16.4. The Hall–Kier alpha value is -3.44. The van der Waals surface area contributed by atoms with E-state index in [0.29, 0.717) is 30.6 Å². The number of para-hydroxylation sites is 1. The Balaban J connectivity index is 2.22. The molecule has 1 heterocycles. The summed E-state index contributed by atoms with van der Waals surface area (Å²) in [6.45, 7) is 10.6. The van der Waals surface area contributed by atoms with E-state index in [4.69, 9.17) is 4.42 Å². The number of hydrogen-bond acceptors (Lipinski definition) is 5. The molecule has 0 fully saturated rings. The van der Waals surface area contributed by atoms with E-state index >= 15 is 0 Å². The van der Waals surface area contributed by atoms with Gasteiger partial charge < -0.3 is 9.52 Å². The first-order chi connectivity index (χ1) is 15.0. The molecule has 1 aromatic heterocycles. The third kappa shape index (κ3) is 4.84. The van der Waals surface area contributed by atoms with Crippen LogP contribution in [0.2, 0.25) is 0 Å². The Morgan fingerprint density at radius 2 is 1.68 bits per heavy atom. The van der Waals surface area contributed by atoms with Crippen molar-refractivity contribution in [2.45, 2.75) is 12.8 Å². The maximum Gasteiger partial charge on any atom is 0.343 e. The molecule has 2 atom stereocenters. The van der Waals surface area contributed by atoms with Crippen LogP contribution in [0.15, 0.2) is 89.1 Å². The van der Waals surface area contributed by atoms with E-state index in [1.165, 1.54) is 6.92 Å². The third-order valence-corrected chi connectivity index (χ3v) is 5.44. The standard InChI is InChI=1S/C26H27NO4/c1-4-15-27(16-5-2)17-21(18(3)28)23(19-11-7-6-8-12-19)24-25(29)20-13-9-10-14-22(20)31-26(24)30/h4-14,21,23,29H,1-2,15-17H2,3H3/t21-,23-/m1/s1. The van der Waals surface area contributed by atoms with Crippen molar-refractivity contribution in [2.24, 2.45) is 5.92 Å². The molecule has 0 unspecified atom stereocenters. The van der Waals surface area contributed by atoms with Crippen molar-refractivity contribution in [1.29, 1.82) is 0 Å². The van der Waals surface area contributed by atoms with Crippen LogP contribution in [-0.4, -0.2) is 35.4 Å². The monoisotopic (exact) mass is 417 g/mol. The predicted octanol–water partition coefficient (Wildman–Crippen LogP) is 4.51. The van der Waals surface area contributed by atoms with Crippen molar-refractivity contribution in [3.05, 3.63) is 101 Å². The lowest BCUT2D eigenvalue weighted by atomic mass is 9.78. The van der Waals surface area contributed by atoms with Crippen LogP contribution >= 0.6 is 0 Å². The zero-order valence-electron chi connectivity index (χ0n) is 17.7. The number of ketones is 1. The molecule has 5 heteroatoms. The summed E-state index contributed by atoms with van der Waals surface area (Å²) in [7, 11) is 0. The first-order valence-corrected chi connectivity index (χ1v) is 10.2. The lowest BCUT2D eigenvalue weighted by molar-refractivity contribution is -0.121. The topological polar surface area (TPSA) is 70.8 Å². The van der Waals surface area contributed by atoms with Gasteiger partial charge in [0.15, 0.2) is 0 Å². The number of fused-ring (bicyclic) bond motifs is 1. The van der Waals surface area contributed by atoms with E-state index in [1.807, 2.05) is 35.2 Å². The molecule has 0 aliphatic heterocycles. The summed E-state index contributed by atoms with van der Waals surface area (Å²) in [5.74, 6) is -1.49. The lowest BCUT2D eigenvalue weighted by Gasteiger charge is -2.30. The van der Waals surface area contributed by atoms with Crippen molar-refractivity contribution in [2.75, 3.05) is 19.6 Å². The molecule has 160 valence electrons. The van der Waals surface area contributed by atoms with Gasteiger partial charge in [0, 0.05) is 31.5 Å². The van der Waals surface area contributed by atoms with E-state index in [2.05, 4.69) is 13.2 Å². The number of carbonyl (C=O) groups is 1. The molecule has 3 aromatic rings. The van der Waals surface area contributed by atoms with Gasteiger partial charge in [-0.1, -0.05) is 54.6 Å². The van der Waals surface area contributed by atoms with Gasteiger partial charge in [-0.3, -0.25) is 9.69 Å². The number of rotatable bonds is 10. The minimum absolute atomic E-state index is 0.0843. The Bertz CT molecular complexity index is 1120. The molecular weight excluding hydrogens is 390 g/mol. The average Bonchev–Trinajstić information content (AvgIpc) is 2.76. The van der Waals surface area contributed by atoms with Crippen LogP contribution in [0.25, 0.3) is 11.0 Å². The molecular formula is C26H27NO4.